The highest BCUT2D eigenvalue weighted by Crippen LogP contribution is 2.41. The largest absolute Gasteiger partial charge is 0.539 e. The van der Waals surface area contributed by atoms with Crippen molar-refractivity contribution in [1.82, 2.24) is 4.90 Å². The van der Waals surface area contributed by atoms with E-state index in [1.54, 1.807) is 11.8 Å². The molecule has 27 heavy (non-hydrogen) atoms. The van der Waals surface area contributed by atoms with Crippen LogP contribution in [0, 0.1) is 0 Å². The van der Waals surface area contributed by atoms with Crippen molar-refractivity contribution in [3.63, 3.8) is 0 Å². The number of hydrogen-bond donors (Lipinski definition) is 0. The van der Waals surface area contributed by atoms with Crippen LogP contribution in [0.15, 0.2) is 40.3 Å². The highest BCUT2D eigenvalue weighted by Gasteiger charge is 2.39. The van der Waals surface area contributed by atoms with Crippen LogP contribution < -0.4 is 0 Å². The molecule has 0 heterocycles. The fourth-order valence-corrected chi connectivity index (χ4v) is 4.87. The zero-order chi connectivity index (χ0) is 20.7. The maximum Gasteiger partial charge on any atom is 0.255 e. The lowest BCUT2D eigenvalue weighted by molar-refractivity contribution is 0.0752. The Kier molecular flexibility index (Phi) is 9.16. The quantitative estimate of drug-likeness (QED) is 0.253. The predicted molar refractivity (Wildman–Crippen MR) is 121 cm³/mol. The maximum absolute atomic E-state index is 13.1. The molecular formula is C22H37NO2SSi. The van der Waals surface area contributed by atoms with E-state index < -0.39 is 8.32 Å². The average Bonchev–Trinajstić information content (AvgIpc) is 2.59. The molecule has 0 spiro atoms. The van der Waals surface area contributed by atoms with Crippen molar-refractivity contribution in [2.75, 3.05) is 13.1 Å². The molecule has 5 heteroatoms. The molecule has 0 saturated carbocycles. The first kappa shape index (κ1) is 23.8. The lowest BCUT2D eigenvalue weighted by atomic mass is 10.2. The number of carbonyl (C=O) groups is 1. The molecule has 0 fully saturated rings. The molecule has 1 amide bonds. The molecule has 0 unspecified atom stereocenters. The highest BCUT2D eigenvalue weighted by atomic mass is 32.2. The number of carbonyl (C=O) groups excluding carboxylic acids is 1. The smallest absolute Gasteiger partial charge is 0.255 e. The molecule has 0 aliphatic carbocycles. The molecular weight excluding hydrogens is 370 g/mol. The van der Waals surface area contributed by atoms with E-state index in [0.717, 1.165) is 41.5 Å². The van der Waals surface area contributed by atoms with Crippen LogP contribution in [-0.4, -0.2) is 32.2 Å². The van der Waals surface area contributed by atoms with Crippen molar-refractivity contribution in [3.8, 4) is 0 Å². The van der Waals surface area contributed by atoms with Crippen LogP contribution in [0.1, 0.15) is 64.7 Å². The highest BCUT2D eigenvalue weighted by molar-refractivity contribution is 8.03. The van der Waals surface area contributed by atoms with E-state index in [9.17, 15) is 4.79 Å². The van der Waals surface area contributed by atoms with Crippen molar-refractivity contribution in [2.45, 2.75) is 77.4 Å². The Morgan fingerprint density at radius 3 is 2.19 bits per heavy atom. The number of thioether (sulfide) groups is 1. The first-order valence-corrected chi connectivity index (χ1v) is 13.7. The summed E-state index contributed by atoms with van der Waals surface area (Å²) in [6.07, 6.45) is 3.95. The Morgan fingerprint density at radius 2 is 1.70 bits per heavy atom. The summed E-state index contributed by atoms with van der Waals surface area (Å²) in [4.78, 5) is 16.0. The minimum Gasteiger partial charge on any atom is -0.539 e. The second-order valence-electron chi connectivity index (χ2n) is 8.36. The molecule has 1 aromatic carbocycles. The molecule has 0 N–H and O–H groups in total. The summed E-state index contributed by atoms with van der Waals surface area (Å²) >= 11 is 1.57. The standard InChI is InChI=1S/C22H37NO2SSi/c1-9-16-23(17-10-2)21(24)18-14-12-13-15-19(18)26-20(11-3)25-27(7,8)22(4,5)6/h11-15H,9-10,16-17H2,1-8H3/b20-11+. The zero-order valence-corrected chi connectivity index (χ0v) is 20.2. The summed E-state index contributed by atoms with van der Waals surface area (Å²) in [6.45, 7) is 19.0. The average molecular weight is 408 g/mol. The SMILES string of the molecule is C/C=C(\O[Si](C)(C)C(C)(C)C)Sc1ccccc1C(=O)N(CCC)CCC. The first-order chi connectivity index (χ1) is 12.6. The van der Waals surface area contributed by atoms with Crippen LogP contribution in [0.2, 0.25) is 18.1 Å². The summed E-state index contributed by atoms with van der Waals surface area (Å²) in [5.74, 6) is 0.115. The summed E-state index contributed by atoms with van der Waals surface area (Å²) in [5, 5.41) is 1.02. The number of nitrogens with zero attached hydrogens (tertiary/aromatic N) is 1. The van der Waals surface area contributed by atoms with E-state index in [2.05, 4.69) is 47.7 Å². The van der Waals surface area contributed by atoms with Gasteiger partial charge in [-0.2, -0.15) is 0 Å². The van der Waals surface area contributed by atoms with Gasteiger partial charge in [-0.15, -0.1) is 0 Å². The van der Waals surface area contributed by atoms with Gasteiger partial charge in [0.15, 0.2) is 0 Å². The minimum atomic E-state index is -1.92. The molecule has 0 atom stereocenters. The van der Waals surface area contributed by atoms with Crippen molar-refractivity contribution in [3.05, 3.63) is 41.0 Å². The summed E-state index contributed by atoms with van der Waals surface area (Å²) < 4.78 is 6.48. The Hall–Kier alpha value is -1.20. The van der Waals surface area contributed by atoms with Gasteiger partial charge in [0.2, 0.25) is 0 Å². The molecule has 3 nitrogen and oxygen atoms in total. The van der Waals surface area contributed by atoms with Gasteiger partial charge >= 0.3 is 0 Å². The third-order valence-electron chi connectivity index (χ3n) is 5.00. The number of benzene rings is 1. The molecule has 0 radical (unpaired) electrons. The van der Waals surface area contributed by atoms with Crippen LogP contribution in [0.5, 0.6) is 0 Å². The van der Waals surface area contributed by atoms with Crippen LogP contribution in [0.4, 0.5) is 0 Å². The predicted octanol–water partition coefficient (Wildman–Crippen LogP) is 6.92. The minimum absolute atomic E-state index is 0.115. The van der Waals surface area contributed by atoms with E-state index in [1.165, 1.54) is 0 Å². The van der Waals surface area contributed by atoms with Gasteiger partial charge in [-0.25, -0.2) is 0 Å². The molecule has 0 bridgehead atoms. The molecule has 0 aliphatic rings. The number of rotatable bonds is 9. The third-order valence-corrected chi connectivity index (χ3v) is 10.6. The van der Waals surface area contributed by atoms with Crippen molar-refractivity contribution >= 4 is 26.0 Å². The van der Waals surface area contributed by atoms with E-state index in [4.69, 9.17) is 4.43 Å². The topological polar surface area (TPSA) is 29.5 Å². The van der Waals surface area contributed by atoms with Crippen LogP contribution in [0.25, 0.3) is 0 Å². The Morgan fingerprint density at radius 1 is 1.15 bits per heavy atom. The Labute approximate surface area is 171 Å². The van der Waals surface area contributed by atoms with Crippen LogP contribution in [-0.2, 0) is 4.43 Å². The molecule has 0 aromatic heterocycles. The second kappa shape index (κ2) is 10.4. The Bertz CT molecular complexity index is 644. The number of amides is 1. The van der Waals surface area contributed by atoms with Crippen LogP contribution in [0.3, 0.4) is 0 Å². The van der Waals surface area contributed by atoms with Gasteiger partial charge in [0, 0.05) is 18.0 Å². The zero-order valence-electron chi connectivity index (χ0n) is 18.4. The first-order valence-electron chi connectivity index (χ1n) is 9.98. The van der Waals surface area contributed by atoms with E-state index in [-0.39, 0.29) is 10.9 Å². The number of allylic oxidation sites excluding steroid dienone is 1. The summed E-state index contributed by atoms with van der Waals surface area (Å²) in [6, 6.07) is 7.88. The van der Waals surface area contributed by atoms with Gasteiger partial charge < -0.3 is 9.33 Å². The van der Waals surface area contributed by atoms with E-state index >= 15 is 0 Å². The van der Waals surface area contributed by atoms with Crippen molar-refractivity contribution in [2.24, 2.45) is 0 Å². The molecule has 0 saturated heterocycles. The molecule has 152 valence electrons. The monoisotopic (exact) mass is 407 g/mol. The van der Waals surface area contributed by atoms with Gasteiger partial charge in [-0.05, 0) is 56.1 Å². The number of hydrogen-bond acceptors (Lipinski definition) is 3. The van der Waals surface area contributed by atoms with Gasteiger partial charge in [0.05, 0.1) is 5.56 Å². The van der Waals surface area contributed by atoms with E-state index in [1.807, 2.05) is 42.2 Å². The lowest BCUT2D eigenvalue weighted by Crippen LogP contribution is -2.40. The fraction of sp³-hybridized carbons (Fsp3) is 0.591. The lowest BCUT2D eigenvalue weighted by Gasteiger charge is -2.37. The van der Waals surface area contributed by atoms with Gasteiger partial charge in [-0.1, -0.05) is 58.5 Å². The summed E-state index contributed by atoms with van der Waals surface area (Å²) in [7, 11) is -1.92. The summed E-state index contributed by atoms with van der Waals surface area (Å²) in [5.41, 5.74) is 0.766. The van der Waals surface area contributed by atoms with Crippen molar-refractivity contribution < 1.29 is 9.22 Å². The fourth-order valence-electron chi connectivity index (χ4n) is 2.41. The van der Waals surface area contributed by atoms with Gasteiger partial charge in [0.25, 0.3) is 14.2 Å². The normalized spacial score (nSPS) is 12.8. The second-order valence-corrected chi connectivity index (χ2v) is 14.1. The third kappa shape index (κ3) is 6.72. The van der Waals surface area contributed by atoms with Gasteiger partial charge in [0.1, 0.15) is 5.09 Å². The maximum atomic E-state index is 13.1. The van der Waals surface area contributed by atoms with E-state index in [0.29, 0.717) is 0 Å². The van der Waals surface area contributed by atoms with Gasteiger partial charge in [-0.3, -0.25) is 4.79 Å². The van der Waals surface area contributed by atoms with Crippen LogP contribution >= 0.6 is 11.8 Å². The Balaban J connectivity index is 3.09. The molecule has 1 rings (SSSR count). The molecule has 0 aliphatic heterocycles. The molecule has 1 aromatic rings. The van der Waals surface area contributed by atoms with Crippen molar-refractivity contribution in [1.29, 1.82) is 0 Å².